The van der Waals surface area contributed by atoms with E-state index in [4.69, 9.17) is 0 Å². The van der Waals surface area contributed by atoms with E-state index in [1.54, 1.807) is 12.3 Å². The number of carbonyl (C=O) groups excluding carboxylic acids is 1. The molecular formula is C22H21N3O2. The molecule has 136 valence electrons. The summed E-state index contributed by atoms with van der Waals surface area (Å²) < 4.78 is 0. The maximum absolute atomic E-state index is 12.9. The minimum Gasteiger partial charge on any atom is -0.331 e. The first-order valence-corrected chi connectivity index (χ1v) is 9.45. The summed E-state index contributed by atoms with van der Waals surface area (Å²) in [6.45, 7) is 4.87. The van der Waals surface area contributed by atoms with Crippen molar-refractivity contribution in [3.8, 4) is 11.1 Å². The highest BCUT2D eigenvalue weighted by molar-refractivity contribution is 6.00. The molecule has 1 saturated carbocycles. The molecule has 5 nitrogen and oxygen atoms in total. The number of rotatable bonds is 3. The SMILES string of the molecule is Cc1cc(-c2cnc3[nH]c(=O)ccc3c2)cc2c1C(=O)N(C(C)C1CC1)C2. The molecule has 2 aliphatic rings. The summed E-state index contributed by atoms with van der Waals surface area (Å²) in [5.74, 6) is 0.831. The Bertz CT molecular complexity index is 1140. The van der Waals surface area contributed by atoms with Gasteiger partial charge in [0.05, 0.1) is 0 Å². The second-order valence-electron chi connectivity index (χ2n) is 7.82. The van der Waals surface area contributed by atoms with Gasteiger partial charge < -0.3 is 9.88 Å². The molecule has 1 N–H and O–H groups in total. The maximum atomic E-state index is 12.9. The van der Waals surface area contributed by atoms with E-state index in [0.717, 1.165) is 33.2 Å². The van der Waals surface area contributed by atoms with Crippen LogP contribution in [0.25, 0.3) is 22.2 Å². The Morgan fingerprint density at radius 2 is 1.96 bits per heavy atom. The lowest BCUT2D eigenvalue weighted by molar-refractivity contribution is 0.0697. The van der Waals surface area contributed by atoms with Crippen LogP contribution in [0.3, 0.4) is 0 Å². The minimum absolute atomic E-state index is 0.153. The summed E-state index contributed by atoms with van der Waals surface area (Å²) in [6.07, 6.45) is 4.24. The number of amides is 1. The maximum Gasteiger partial charge on any atom is 0.255 e. The number of aromatic amines is 1. The first-order chi connectivity index (χ1) is 13.0. The van der Waals surface area contributed by atoms with Crippen LogP contribution in [0.5, 0.6) is 0 Å². The number of fused-ring (bicyclic) bond motifs is 2. The van der Waals surface area contributed by atoms with Gasteiger partial charge in [0.15, 0.2) is 0 Å². The van der Waals surface area contributed by atoms with Gasteiger partial charge in [0, 0.05) is 41.4 Å². The van der Waals surface area contributed by atoms with Crippen LogP contribution in [-0.2, 0) is 6.54 Å². The average molecular weight is 359 g/mol. The van der Waals surface area contributed by atoms with E-state index >= 15 is 0 Å². The molecule has 27 heavy (non-hydrogen) atoms. The molecule has 2 aromatic heterocycles. The second-order valence-corrected chi connectivity index (χ2v) is 7.82. The lowest BCUT2D eigenvalue weighted by atomic mass is 9.96. The third kappa shape index (κ3) is 2.65. The number of carbonyl (C=O) groups is 1. The van der Waals surface area contributed by atoms with Gasteiger partial charge in [0.1, 0.15) is 5.65 Å². The van der Waals surface area contributed by atoms with Gasteiger partial charge >= 0.3 is 0 Å². The van der Waals surface area contributed by atoms with Crippen molar-refractivity contribution in [2.24, 2.45) is 5.92 Å². The molecule has 1 fully saturated rings. The van der Waals surface area contributed by atoms with E-state index in [-0.39, 0.29) is 11.5 Å². The van der Waals surface area contributed by atoms with Gasteiger partial charge in [-0.3, -0.25) is 9.59 Å². The van der Waals surface area contributed by atoms with Crippen molar-refractivity contribution < 1.29 is 4.79 Å². The molecule has 1 amide bonds. The Balaban J connectivity index is 1.55. The highest BCUT2D eigenvalue weighted by Crippen LogP contribution is 2.39. The Labute approximate surface area is 157 Å². The molecule has 0 saturated heterocycles. The van der Waals surface area contributed by atoms with E-state index in [2.05, 4.69) is 29.0 Å². The van der Waals surface area contributed by atoms with Crippen LogP contribution in [0.2, 0.25) is 0 Å². The molecule has 0 bridgehead atoms. The van der Waals surface area contributed by atoms with Crippen LogP contribution >= 0.6 is 0 Å². The van der Waals surface area contributed by atoms with Crippen molar-refractivity contribution in [3.05, 3.63) is 63.6 Å². The van der Waals surface area contributed by atoms with E-state index in [1.807, 2.05) is 17.9 Å². The van der Waals surface area contributed by atoms with Gasteiger partial charge in [0.2, 0.25) is 5.56 Å². The minimum atomic E-state index is -0.153. The van der Waals surface area contributed by atoms with Gasteiger partial charge in [-0.2, -0.15) is 0 Å². The summed E-state index contributed by atoms with van der Waals surface area (Å²) in [6, 6.07) is 9.82. The molecule has 1 aliphatic heterocycles. The number of nitrogens with zero attached hydrogens (tertiary/aromatic N) is 2. The van der Waals surface area contributed by atoms with E-state index in [9.17, 15) is 9.59 Å². The molecule has 5 rings (SSSR count). The molecule has 0 spiro atoms. The van der Waals surface area contributed by atoms with Crippen molar-refractivity contribution in [3.63, 3.8) is 0 Å². The monoisotopic (exact) mass is 359 g/mol. The fourth-order valence-corrected chi connectivity index (χ4v) is 4.21. The zero-order valence-corrected chi connectivity index (χ0v) is 15.5. The van der Waals surface area contributed by atoms with Crippen molar-refractivity contribution in [1.29, 1.82) is 0 Å². The molecule has 3 aromatic rings. The molecule has 3 heterocycles. The number of hydrogen-bond acceptors (Lipinski definition) is 3. The van der Waals surface area contributed by atoms with Gasteiger partial charge in [-0.15, -0.1) is 0 Å². The third-order valence-electron chi connectivity index (χ3n) is 5.93. The standard InChI is InChI=1S/C22H21N3O2/c1-12-7-16(17-8-15-5-6-19(26)24-21(15)23-10-17)9-18-11-25(22(27)20(12)18)13(2)14-3-4-14/h5-10,13-14H,3-4,11H2,1-2H3,(H,23,24,26). The number of pyridine rings is 2. The number of benzene rings is 1. The zero-order valence-electron chi connectivity index (χ0n) is 15.5. The summed E-state index contributed by atoms with van der Waals surface area (Å²) in [5, 5.41) is 0.894. The van der Waals surface area contributed by atoms with Crippen molar-refractivity contribution >= 4 is 16.9 Å². The van der Waals surface area contributed by atoms with Crippen LogP contribution in [0.1, 0.15) is 41.3 Å². The Morgan fingerprint density at radius 3 is 2.74 bits per heavy atom. The molecule has 1 aliphatic carbocycles. The number of H-pyrrole nitrogens is 1. The van der Waals surface area contributed by atoms with Crippen molar-refractivity contribution in [2.75, 3.05) is 0 Å². The fourth-order valence-electron chi connectivity index (χ4n) is 4.21. The lowest BCUT2D eigenvalue weighted by Gasteiger charge is -2.24. The van der Waals surface area contributed by atoms with Crippen LogP contribution in [0.4, 0.5) is 0 Å². The van der Waals surface area contributed by atoms with Gasteiger partial charge in [-0.25, -0.2) is 4.98 Å². The Kier molecular flexibility index (Phi) is 3.47. The van der Waals surface area contributed by atoms with Gasteiger partial charge in [0.25, 0.3) is 5.91 Å². The van der Waals surface area contributed by atoms with E-state index in [1.165, 1.54) is 18.9 Å². The third-order valence-corrected chi connectivity index (χ3v) is 5.93. The van der Waals surface area contributed by atoms with Gasteiger partial charge in [-0.05, 0) is 67.5 Å². The smallest absolute Gasteiger partial charge is 0.255 e. The summed E-state index contributed by atoms with van der Waals surface area (Å²) >= 11 is 0. The Hall–Kier alpha value is -2.95. The molecule has 1 unspecified atom stereocenters. The van der Waals surface area contributed by atoms with Crippen LogP contribution in [0.15, 0.2) is 41.3 Å². The molecule has 5 heteroatoms. The van der Waals surface area contributed by atoms with Crippen LogP contribution in [-0.4, -0.2) is 26.8 Å². The Morgan fingerprint density at radius 1 is 1.15 bits per heavy atom. The quantitative estimate of drug-likeness (QED) is 0.776. The van der Waals surface area contributed by atoms with Crippen LogP contribution in [0, 0.1) is 12.8 Å². The fraction of sp³-hybridized carbons (Fsp3) is 0.318. The normalized spacial score (nSPS) is 17.4. The van der Waals surface area contributed by atoms with Crippen molar-refractivity contribution in [2.45, 2.75) is 39.3 Å². The van der Waals surface area contributed by atoms with Gasteiger partial charge in [-0.1, -0.05) is 6.07 Å². The zero-order chi connectivity index (χ0) is 18.7. The molecule has 1 atom stereocenters. The van der Waals surface area contributed by atoms with E-state index < -0.39 is 0 Å². The number of aryl methyl sites for hydroxylation is 1. The van der Waals surface area contributed by atoms with E-state index in [0.29, 0.717) is 24.2 Å². The summed E-state index contributed by atoms with van der Waals surface area (Å²) in [5.41, 5.74) is 5.46. The summed E-state index contributed by atoms with van der Waals surface area (Å²) in [4.78, 5) is 33.5. The molecular weight excluding hydrogens is 338 g/mol. The topological polar surface area (TPSA) is 66.1 Å². The number of hydrogen-bond donors (Lipinski definition) is 1. The summed E-state index contributed by atoms with van der Waals surface area (Å²) in [7, 11) is 0. The first-order valence-electron chi connectivity index (χ1n) is 9.45. The number of nitrogens with one attached hydrogen (secondary N) is 1. The molecule has 0 radical (unpaired) electrons. The predicted molar refractivity (Wildman–Crippen MR) is 105 cm³/mol. The second kappa shape index (κ2) is 5.78. The highest BCUT2D eigenvalue weighted by Gasteiger charge is 2.39. The lowest BCUT2D eigenvalue weighted by Crippen LogP contribution is -2.34. The number of aromatic nitrogens is 2. The predicted octanol–water partition coefficient (Wildman–Crippen LogP) is 3.65. The van der Waals surface area contributed by atoms with Crippen LogP contribution < -0.4 is 5.56 Å². The largest absolute Gasteiger partial charge is 0.331 e. The van der Waals surface area contributed by atoms with Crippen molar-refractivity contribution in [1.82, 2.24) is 14.9 Å². The highest BCUT2D eigenvalue weighted by atomic mass is 16.2. The molecule has 1 aromatic carbocycles. The first kappa shape index (κ1) is 16.2. The average Bonchev–Trinajstić information content (AvgIpc) is 3.44.